The molecule has 1 aliphatic rings. The number of hydrogen-bond acceptors (Lipinski definition) is 5. The summed E-state index contributed by atoms with van der Waals surface area (Å²) < 4.78 is 2.05. The van der Waals surface area contributed by atoms with Gasteiger partial charge in [0.2, 0.25) is 0 Å². The molecule has 0 spiro atoms. The summed E-state index contributed by atoms with van der Waals surface area (Å²) in [6.07, 6.45) is 7.01. The van der Waals surface area contributed by atoms with Crippen LogP contribution in [0, 0.1) is 5.92 Å². The lowest BCUT2D eigenvalue weighted by molar-refractivity contribution is 0.436. The summed E-state index contributed by atoms with van der Waals surface area (Å²) in [6.45, 7) is 0.937. The molecule has 3 heterocycles. The van der Waals surface area contributed by atoms with Crippen molar-refractivity contribution < 1.29 is 0 Å². The highest BCUT2D eigenvalue weighted by Gasteiger charge is 2.21. The number of rotatable bonds is 4. The van der Waals surface area contributed by atoms with Crippen LogP contribution in [0.15, 0.2) is 42.7 Å². The highest BCUT2D eigenvalue weighted by atomic mass is 15.3. The quantitative estimate of drug-likeness (QED) is 0.590. The molecule has 0 bridgehead atoms. The van der Waals surface area contributed by atoms with E-state index in [9.17, 15) is 0 Å². The smallest absolute Gasteiger partial charge is 0.178 e. The second-order valence-corrected chi connectivity index (χ2v) is 7.01. The van der Waals surface area contributed by atoms with E-state index in [1.165, 1.54) is 11.1 Å². The van der Waals surface area contributed by atoms with Gasteiger partial charge in [-0.3, -0.25) is 4.68 Å². The van der Waals surface area contributed by atoms with Crippen LogP contribution in [0.25, 0.3) is 11.2 Å². The van der Waals surface area contributed by atoms with Gasteiger partial charge in [0, 0.05) is 19.2 Å². The molecule has 0 atom stereocenters. The predicted molar refractivity (Wildman–Crippen MR) is 98.5 cm³/mol. The SMILES string of the molecule is Nc1cc(Cc2cnn(CC3Cc4ccccc4C3)c2)c2nn[nH]c2n1. The van der Waals surface area contributed by atoms with Crippen LogP contribution in [0.3, 0.4) is 0 Å². The van der Waals surface area contributed by atoms with Crippen molar-refractivity contribution in [1.29, 1.82) is 0 Å². The van der Waals surface area contributed by atoms with Gasteiger partial charge in [-0.15, -0.1) is 5.10 Å². The first-order valence-corrected chi connectivity index (χ1v) is 8.79. The number of benzene rings is 1. The van der Waals surface area contributed by atoms with Crippen molar-refractivity contribution in [3.63, 3.8) is 0 Å². The lowest BCUT2D eigenvalue weighted by atomic mass is 10.1. The first kappa shape index (κ1) is 15.1. The van der Waals surface area contributed by atoms with E-state index < -0.39 is 0 Å². The van der Waals surface area contributed by atoms with Crippen molar-refractivity contribution in [2.24, 2.45) is 5.92 Å². The van der Waals surface area contributed by atoms with Crippen LogP contribution in [-0.2, 0) is 25.8 Å². The van der Waals surface area contributed by atoms with E-state index in [4.69, 9.17) is 5.73 Å². The van der Waals surface area contributed by atoms with Gasteiger partial charge in [-0.2, -0.15) is 5.10 Å². The fourth-order valence-electron chi connectivity index (χ4n) is 3.92. The van der Waals surface area contributed by atoms with Crippen molar-refractivity contribution in [1.82, 2.24) is 30.2 Å². The number of nitrogen functional groups attached to an aromatic ring is 1. The summed E-state index contributed by atoms with van der Waals surface area (Å²) >= 11 is 0. The molecule has 3 aromatic heterocycles. The zero-order valence-corrected chi connectivity index (χ0v) is 14.3. The number of H-pyrrole nitrogens is 1. The van der Waals surface area contributed by atoms with Crippen LogP contribution in [0.5, 0.6) is 0 Å². The van der Waals surface area contributed by atoms with Crippen LogP contribution >= 0.6 is 0 Å². The molecule has 3 N–H and O–H groups in total. The third-order valence-electron chi connectivity index (χ3n) is 5.06. The van der Waals surface area contributed by atoms with Crippen molar-refractivity contribution in [3.8, 4) is 0 Å². The first-order chi connectivity index (χ1) is 12.7. The molecule has 0 unspecified atom stereocenters. The molecule has 26 heavy (non-hydrogen) atoms. The minimum absolute atomic E-state index is 0.467. The van der Waals surface area contributed by atoms with Gasteiger partial charge in [0.05, 0.1) is 6.20 Å². The van der Waals surface area contributed by atoms with E-state index in [-0.39, 0.29) is 0 Å². The van der Waals surface area contributed by atoms with Gasteiger partial charge in [0.25, 0.3) is 0 Å². The van der Waals surface area contributed by atoms with Gasteiger partial charge in [-0.05, 0) is 47.1 Å². The fraction of sp³-hybridized carbons (Fsp3) is 0.263. The Kier molecular flexibility index (Phi) is 3.44. The number of anilines is 1. The summed E-state index contributed by atoms with van der Waals surface area (Å²) in [7, 11) is 0. The molecule has 7 nitrogen and oxygen atoms in total. The maximum atomic E-state index is 5.89. The third kappa shape index (κ3) is 2.71. The summed E-state index contributed by atoms with van der Waals surface area (Å²) in [5, 5.41) is 15.3. The van der Waals surface area contributed by atoms with E-state index in [0.717, 1.165) is 36.0 Å². The highest BCUT2D eigenvalue weighted by molar-refractivity contribution is 5.76. The van der Waals surface area contributed by atoms with Crippen molar-refractivity contribution >= 4 is 17.0 Å². The molecule has 130 valence electrons. The molecule has 0 aliphatic heterocycles. The number of nitrogens with one attached hydrogen (secondary N) is 1. The molecule has 0 radical (unpaired) electrons. The van der Waals surface area contributed by atoms with Gasteiger partial charge >= 0.3 is 0 Å². The Bertz CT molecular complexity index is 1050. The van der Waals surface area contributed by atoms with Gasteiger partial charge in [0.1, 0.15) is 11.3 Å². The Morgan fingerprint density at radius 3 is 2.81 bits per heavy atom. The monoisotopic (exact) mass is 345 g/mol. The Morgan fingerprint density at radius 2 is 2.00 bits per heavy atom. The molecule has 0 amide bonds. The molecular formula is C19H19N7. The number of hydrogen-bond donors (Lipinski definition) is 2. The van der Waals surface area contributed by atoms with Crippen molar-refractivity contribution in [2.45, 2.75) is 25.8 Å². The molecule has 7 heteroatoms. The van der Waals surface area contributed by atoms with E-state index in [1.54, 1.807) is 0 Å². The molecule has 0 fully saturated rings. The number of pyridine rings is 1. The van der Waals surface area contributed by atoms with Crippen molar-refractivity contribution in [2.75, 3.05) is 5.73 Å². The maximum Gasteiger partial charge on any atom is 0.178 e. The van der Waals surface area contributed by atoms with Crippen LogP contribution in [0.2, 0.25) is 0 Å². The average molecular weight is 345 g/mol. The Hall–Kier alpha value is -3.22. The molecule has 0 saturated heterocycles. The van der Waals surface area contributed by atoms with Crippen LogP contribution in [0.1, 0.15) is 22.3 Å². The highest BCUT2D eigenvalue weighted by Crippen LogP contribution is 2.27. The van der Waals surface area contributed by atoms with E-state index in [0.29, 0.717) is 23.8 Å². The van der Waals surface area contributed by atoms with Crippen LogP contribution < -0.4 is 5.73 Å². The molecule has 4 aromatic rings. The lowest BCUT2D eigenvalue weighted by Crippen LogP contribution is -2.11. The fourth-order valence-corrected chi connectivity index (χ4v) is 3.92. The maximum absolute atomic E-state index is 5.89. The molecule has 5 rings (SSSR count). The number of aromatic amines is 1. The predicted octanol–water partition coefficient (Wildman–Crippen LogP) is 2.14. The van der Waals surface area contributed by atoms with Gasteiger partial charge in [-0.25, -0.2) is 10.1 Å². The Balaban J connectivity index is 1.32. The number of aromatic nitrogens is 6. The van der Waals surface area contributed by atoms with E-state index >= 15 is 0 Å². The number of nitrogens with two attached hydrogens (primary N) is 1. The van der Waals surface area contributed by atoms with Crippen LogP contribution in [-0.4, -0.2) is 30.2 Å². The molecule has 0 saturated carbocycles. The van der Waals surface area contributed by atoms with Crippen molar-refractivity contribution in [3.05, 3.63) is 65.0 Å². The number of fused-ring (bicyclic) bond motifs is 2. The van der Waals surface area contributed by atoms with Gasteiger partial charge < -0.3 is 5.73 Å². The molecular weight excluding hydrogens is 326 g/mol. The average Bonchev–Trinajstić information content (AvgIpc) is 3.34. The molecule has 1 aromatic carbocycles. The normalized spacial score (nSPS) is 14.2. The second-order valence-electron chi connectivity index (χ2n) is 7.01. The second kappa shape index (κ2) is 5.94. The third-order valence-corrected chi connectivity index (χ3v) is 5.06. The van der Waals surface area contributed by atoms with E-state index in [2.05, 4.69) is 60.6 Å². The summed E-state index contributed by atoms with van der Waals surface area (Å²) in [5.74, 6) is 1.08. The minimum Gasteiger partial charge on any atom is -0.384 e. The van der Waals surface area contributed by atoms with E-state index in [1.807, 2.05) is 12.3 Å². The largest absolute Gasteiger partial charge is 0.384 e. The van der Waals surface area contributed by atoms with Crippen LogP contribution in [0.4, 0.5) is 5.82 Å². The Morgan fingerprint density at radius 1 is 1.19 bits per heavy atom. The Labute approximate surface area is 150 Å². The summed E-state index contributed by atoms with van der Waals surface area (Å²) in [6, 6.07) is 10.6. The minimum atomic E-state index is 0.467. The number of nitrogens with zero attached hydrogens (tertiary/aromatic N) is 5. The zero-order chi connectivity index (χ0) is 17.5. The standard InChI is InChI=1S/C19H19N7/c20-17-8-16(18-19(22-17)24-25-23-18)7-13-9-21-26(11-13)10-12-5-14-3-1-2-4-15(14)6-12/h1-4,8-9,11-12H,5-7,10H2,(H3,20,22,23,24,25). The van der Waals surface area contributed by atoms with Gasteiger partial charge in [0.15, 0.2) is 5.65 Å². The summed E-state index contributed by atoms with van der Waals surface area (Å²) in [4.78, 5) is 4.21. The topological polar surface area (TPSA) is 98.3 Å². The zero-order valence-electron chi connectivity index (χ0n) is 14.3. The molecule has 1 aliphatic carbocycles. The summed E-state index contributed by atoms with van der Waals surface area (Å²) in [5.41, 5.74) is 12.4. The first-order valence-electron chi connectivity index (χ1n) is 8.79. The van der Waals surface area contributed by atoms with Gasteiger partial charge in [-0.1, -0.05) is 29.5 Å². The lowest BCUT2D eigenvalue weighted by Gasteiger charge is -2.08.